The van der Waals surface area contributed by atoms with Crippen LogP contribution < -0.4 is 15.4 Å². The lowest BCUT2D eigenvalue weighted by molar-refractivity contribution is -0.385. The Morgan fingerprint density at radius 2 is 2.15 bits per heavy atom. The van der Waals surface area contributed by atoms with Crippen LogP contribution in [-0.4, -0.2) is 24.0 Å². The third-order valence-electron chi connectivity index (χ3n) is 4.28. The number of nitro benzene ring substituents is 1. The van der Waals surface area contributed by atoms with E-state index in [0.29, 0.717) is 12.2 Å². The Kier molecular flexibility index (Phi) is 5.27. The lowest BCUT2D eigenvalue weighted by Gasteiger charge is -2.30. The summed E-state index contributed by atoms with van der Waals surface area (Å²) in [6.45, 7) is 0.659. The molecule has 0 spiro atoms. The number of hydrogen-bond donors (Lipinski definition) is 1. The van der Waals surface area contributed by atoms with Gasteiger partial charge in [0.1, 0.15) is 0 Å². The summed E-state index contributed by atoms with van der Waals surface area (Å²) in [6.07, 6.45) is 1.80. The van der Waals surface area contributed by atoms with Gasteiger partial charge in [-0.05, 0) is 42.7 Å². The minimum atomic E-state index is -0.563. The summed E-state index contributed by atoms with van der Waals surface area (Å²) in [5, 5.41) is 11.3. The van der Waals surface area contributed by atoms with E-state index in [9.17, 15) is 14.9 Å². The SMILES string of the molecule is Nc1cccc2c1CCCN2C(=O)CCOc1ccc(Cl)cc1[N+](=O)[O-]. The molecule has 136 valence electrons. The number of ether oxygens (including phenoxy) is 1. The number of anilines is 2. The van der Waals surface area contributed by atoms with Crippen molar-refractivity contribution in [2.24, 2.45) is 0 Å². The average Bonchev–Trinajstić information content (AvgIpc) is 2.62. The molecule has 1 aliphatic rings. The van der Waals surface area contributed by atoms with Gasteiger partial charge in [-0.25, -0.2) is 0 Å². The third kappa shape index (κ3) is 3.72. The number of carbonyl (C=O) groups excluding carboxylic acids is 1. The number of nitro groups is 1. The number of nitrogens with zero attached hydrogens (tertiary/aromatic N) is 2. The van der Waals surface area contributed by atoms with Crippen molar-refractivity contribution in [1.29, 1.82) is 0 Å². The number of fused-ring (bicyclic) bond motifs is 1. The first-order valence-corrected chi connectivity index (χ1v) is 8.59. The number of benzene rings is 2. The Labute approximate surface area is 155 Å². The van der Waals surface area contributed by atoms with Gasteiger partial charge in [0.2, 0.25) is 5.91 Å². The molecular formula is C18H18ClN3O4. The number of nitrogen functional groups attached to an aromatic ring is 1. The third-order valence-corrected chi connectivity index (χ3v) is 4.51. The van der Waals surface area contributed by atoms with Gasteiger partial charge in [-0.3, -0.25) is 14.9 Å². The maximum Gasteiger partial charge on any atom is 0.312 e. The van der Waals surface area contributed by atoms with Gasteiger partial charge >= 0.3 is 5.69 Å². The molecule has 0 unspecified atom stereocenters. The van der Waals surface area contributed by atoms with Crippen LogP contribution in [0.3, 0.4) is 0 Å². The molecule has 0 bridgehead atoms. The lowest BCUT2D eigenvalue weighted by atomic mass is 9.99. The Hall–Kier alpha value is -2.80. The van der Waals surface area contributed by atoms with Crippen molar-refractivity contribution in [2.75, 3.05) is 23.8 Å². The van der Waals surface area contributed by atoms with E-state index in [2.05, 4.69) is 0 Å². The lowest BCUT2D eigenvalue weighted by Crippen LogP contribution is -2.36. The number of carbonyl (C=O) groups is 1. The van der Waals surface area contributed by atoms with Crippen LogP contribution in [0.25, 0.3) is 0 Å². The van der Waals surface area contributed by atoms with Crippen LogP contribution in [0, 0.1) is 10.1 Å². The summed E-state index contributed by atoms with van der Waals surface area (Å²) >= 11 is 5.78. The van der Waals surface area contributed by atoms with E-state index >= 15 is 0 Å². The molecule has 2 N–H and O–H groups in total. The van der Waals surface area contributed by atoms with Gasteiger partial charge in [0.05, 0.1) is 18.0 Å². The number of amides is 1. The van der Waals surface area contributed by atoms with Crippen LogP contribution in [0.2, 0.25) is 5.02 Å². The minimum absolute atomic E-state index is 0.0372. The topological polar surface area (TPSA) is 98.7 Å². The zero-order chi connectivity index (χ0) is 18.7. The normalized spacial score (nSPS) is 13.2. The molecule has 7 nitrogen and oxygen atoms in total. The monoisotopic (exact) mass is 375 g/mol. The highest BCUT2D eigenvalue weighted by Gasteiger charge is 2.24. The Bertz CT molecular complexity index is 856. The number of rotatable bonds is 5. The van der Waals surface area contributed by atoms with E-state index in [4.69, 9.17) is 22.1 Å². The van der Waals surface area contributed by atoms with Crippen LogP contribution in [0.5, 0.6) is 5.75 Å². The summed E-state index contributed by atoms with van der Waals surface area (Å²) in [4.78, 5) is 24.8. The van der Waals surface area contributed by atoms with Gasteiger partial charge < -0.3 is 15.4 Å². The second-order valence-electron chi connectivity index (χ2n) is 5.96. The maximum atomic E-state index is 12.6. The quantitative estimate of drug-likeness (QED) is 0.489. The van der Waals surface area contributed by atoms with Crippen molar-refractivity contribution in [3.05, 3.63) is 57.1 Å². The Balaban J connectivity index is 1.66. The first-order chi connectivity index (χ1) is 12.5. The molecule has 0 fully saturated rings. The van der Waals surface area contributed by atoms with Gasteiger partial charge in [-0.2, -0.15) is 0 Å². The van der Waals surface area contributed by atoms with E-state index in [1.807, 2.05) is 18.2 Å². The van der Waals surface area contributed by atoms with Crippen molar-refractivity contribution in [2.45, 2.75) is 19.3 Å². The number of halogens is 1. The molecule has 0 atom stereocenters. The molecule has 1 heterocycles. The fraction of sp³-hybridized carbons (Fsp3) is 0.278. The molecule has 26 heavy (non-hydrogen) atoms. The first kappa shape index (κ1) is 18.0. The largest absolute Gasteiger partial charge is 0.486 e. The second-order valence-corrected chi connectivity index (χ2v) is 6.40. The standard InChI is InChI=1S/C18H18ClN3O4/c19-12-6-7-17(16(11-12)22(24)25)26-10-8-18(23)21-9-2-3-13-14(20)4-1-5-15(13)21/h1,4-7,11H,2-3,8-10,20H2. The molecule has 0 saturated heterocycles. The van der Waals surface area contributed by atoms with Crippen LogP contribution in [0.15, 0.2) is 36.4 Å². The molecule has 2 aromatic rings. The Morgan fingerprint density at radius 3 is 2.92 bits per heavy atom. The van der Waals surface area contributed by atoms with E-state index < -0.39 is 4.92 Å². The molecule has 0 aliphatic carbocycles. The predicted molar refractivity (Wildman–Crippen MR) is 99.7 cm³/mol. The van der Waals surface area contributed by atoms with Crippen LogP contribution in [0.1, 0.15) is 18.4 Å². The average molecular weight is 376 g/mol. The second kappa shape index (κ2) is 7.61. The zero-order valence-corrected chi connectivity index (χ0v) is 14.7. The molecule has 8 heteroatoms. The molecule has 1 aliphatic heterocycles. The summed E-state index contributed by atoms with van der Waals surface area (Å²) in [6, 6.07) is 9.70. The summed E-state index contributed by atoms with van der Waals surface area (Å²) in [7, 11) is 0. The molecule has 1 amide bonds. The summed E-state index contributed by atoms with van der Waals surface area (Å²) < 4.78 is 5.45. The van der Waals surface area contributed by atoms with Gasteiger partial charge in [-0.1, -0.05) is 17.7 Å². The van der Waals surface area contributed by atoms with Crippen LogP contribution in [0.4, 0.5) is 17.1 Å². The van der Waals surface area contributed by atoms with Crippen molar-refractivity contribution >= 4 is 34.6 Å². The fourth-order valence-electron chi connectivity index (χ4n) is 3.05. The molecule has 0 aromatic heterocycles. The Morgan fingerprint density at radius 1 is 1.35 bits per heavy atom. The van der Waals surface area contributed by atoms with E-state index in [1.165, 1.54) is 18.2 Å². The predicted octanol–water partition coefficient (Wildman–Crippen LogP) is 3.58. The summed E-state index contributed by atoms with van der Waals surface area (Å²) in [5.41, 5.74) is 8.29. The van der Waals surface area contributed by atoms with Crippen molar-refractivity contribution in [1.82, 2.24) is 0 Å². The smallest absolute Gasteiger partial charge is 0.312 e. The zero-order valence-electron chi connectivity index (χ0n) is 14.0. The molecule has 0 saturated carbocycles. The van der Waals surface area contributed by atoms with Gasteiger partial charge in [0.15, 0.2) is 5.75 Å². The molecule has 0 radical (unpaired) electrons. The molecular weight excluding hydrogens is 358 g/mol. The molecule has 3 rings (SSSR count). The molecule has 2 aromatic carbocycles. The highest BCUT2D eigenvalue weighted by atomic mass is 35.5. The van der Waals surface area contributed by atoms with Crippen LogP contribution >= 0.6 is 11.6 Å². The summed E-state index contributed by atoms with van der Waals surface area (Å²) in [5.74, 6) is -0.0105. The fourth-order valence-corrected chi connectivity index (χ4v) is 3.22. The van der Waals surface area contributed by atoms with E-state index in [0.717, 1.165) is 24.1 Å². The van der Waals surface area contributed by atoms with Gasteiger partial charge in [0, 0.05) is 29.0 Å². The highest BCUT2D eigenvalue weighted by molar-refractivity contribution is 6.30. The number of nitrogens with two attached hydrogens (primary N) is 1. The van der Waals surface area contributed by atoms with E-state index in [1.54, 1.807) is 4.90 Å². The van der Waals surface area contributed by atoms with Crippen LogP contribution in [-0.2, 0) is 11.2 Å². The maximum absolute atomic E-state index is 12.6. The number of hydrogen-bond acceptors (Lipinski definition) is 5. The van der Waals surface area contributed by atoms with Gasteiger partial charge in [0.25, 0.3) is 0 Å². The minimum Gasteiger partial charge on any atom is -0.486 e. The van der Waals surface area contributed by atoms with E-state index in [-0.39, 0.29) is 35.4 Å². The van der Waals surface area contributed by atoms with Crippen molar-refractivity contribution in [3.8, 4) is 5.75 Å². The van der Waals surface area contributed by atoms with Crippen molar-refractivity contribution < 1.29 is 14.5 Å². The first-order valence-electron chi connectivity index (χ1n) is 8.22. The van der Waals surface area contributed by atoms with Crippen molar-refractivity contribution in [3.63, 3.8) is 0 Å². The van der Waals surface area contributed by atoms with Gasteiger partial charge in [-0.15, -0.1) is 0 Å². The highest BCUT2D eigenvalue weighted by Crippen LogP contribution is 2.32.